The van der Waals surface area contributed by atoms with Crippen LogP contribution >= 0.6 is 0 Å². The Morgan fingerprint density at radius 3 is 1.51 bits per heavy atom. The number of carbonyl (C=O) groups excluding carboxylic acids is 3. The van der Waals surface area contributed by atoms with Crippen molar-refractivity contribution in [3.05, 3.63) is 0 Å². The smallest absolute Gasteiger partial charge is 0.364 e. The van der Waals surface area contributed by atoms with Crippen LogP contribution in [0.1, 0.15) is 247 Å². The highest BCUT2D eigenvalue weighted by molar-refractivity contribution is 5.81. The molecule has 27 atom stereocenters. The number of aliphatic hydroxyl groups is 16. The van der Waals surface area contributed by atoms with Crippen LogP contribution in [0.15, 0.2) is 0 Å². The first-order valence-electron chi connectivity index (χ1n) is 40.1. The molecule has 34 nitrogen and oxygen atoms in total. The van der Waals surface area contributed by atoms with Gasteiger partial charge in [-0.1, -0.05) is 207 Å². The van der Waals surface area contributed by atoms with E-state index in [1.54, 1.807) is 0 Å². The molecule has 0 aromatic heterocycles. The van der Waals surface area contributed by atoms with Crippen LogP contribution in [0.25, 0.3) is 0 Å². The molecule has 4 fully saturated rings. The third-order valence-corrected chi connectivity index (χ3v) is 21.6. The van der Waals surface area contributed by atoms with Crippen molar-refractivity contribution in [1.82, 2.24) is 16.0 Å². The SMILES string of the molecule is CCCCCCCCCCCCCCCCCCCCCC[C@@H](O)C(=O)N[C@@H](CO[C@@H]1OC(COC2(C(=O)O)CC(OC3(C(=O)O)CC(O)C(NC(=O)CO)C(C(O)C(CO)OC4OC(C)C(O)C(O)C4O)O3)C(NC(C)=O)C(C(O)C(O)CO)O2)[C@@H](O)C(O)C1O)[C@H](O)[C@H](O)CCCCCCCCCC(C)CC. The molecule has 0 spiro atoms. The van der Waals surface area contributed by atoms with Crippen molar-refractivity contribution in [3.8, 4) is 0 Å². The number of rotatable bonds is 57. The lowest BCUT2D eigenvalue weighted by Crippen LogP contribution is -2.72. The molecular weight excluding hydrogens is 1440 g/mol. The number of nitrogens with one attached hydrogen (secondary N) is 3. The highest BCUT2D eigenvalue weighted by atomic mass is 16.8. The molecule has 4 saturated heterocycles. The molecule has 4 heterocycles. The van der Waals surface area contributed by atoms with Crippen LogP contribution in [0.5, 0.6) is 0 Å². The number of carboxylic acids is 2. The van der Waals surface area contributed by atoms with Crippen LogP contribution in [0, 0.1) is 5.92 Å². The predicted molar refractivity (Wildman–Crippen MR) is 389 cm³/mol. The van der Waals surface area contributed by atoms with Crippen LogP contribution in [0.2, 0.25) is 0 Å². The summed E-state index contributed by atoms with van der Waals surface area (Å²) in [7, 11) is 0. The molecule has 638 valence electrons. The third kappa shape index (κ3) is 31.5. The number of carboxylic acid groups (broad SMARTS) is 2. The number of carbonyl (C=O) groups is 5. The minimum Gasteiger partial charge on any atom is -0.477 e. The molecular formula is C75H137N3O31. The first-order chi connectivity index (χ1) is 51.9. The Balaban J connectivity index is 1.55. The van der Waals surface area contributed by atoms with E-state index in [-0.39, 0.29) is 12.8 Å². The van der Waals surface area contributed by atoms with Crippen molar-refractivity contribution < 1.29 is 154 Å². The largest absolute Gasteiger partial charge is 0.477 e. The fourth-order valence-electron chi connectivity index (χ4n) is 14.5. The molecule has 4 aliphatic heterocycles. The summed E-state index contributed by atoms with van der Waals surface area (Å²) in [6.45, 7) is 2.90. The Bertz CT molecular complexity index is 2540. The molecule has 0 aliphatic carbocycles. The van der Waals surface area contributed by atoms with Crippen LogP contribution in [0.3, 0.4) is 0 Å². The van der Waals surface area contributed by atoms with Crippen molar-refractivity contribution in [2.75, 3.05) is 33.0 Å². The van der Waals surface area contributed by atoms with Gasteiger partial charge in [-0.15, -0.1) is 0 Å². The average Bonchev–Trinajstić information content (AvgIpc) is 0.743. The maximum Gasteiger partial charge on any atom is 0.364 e. The van der Waals surface area contributed by atoms with Crippen molar-refractivity contribution in [2.45, 2.75) is 405 Å². The average molecular weight is 1580 g/mol. The maximum atomic E-state index is 13.9. The summed E-state index contributed by atoms with van der Waals surface area (Å²) in [6.07, 6.45) is -13.6. The fourth-order valence-corrected chi connectivity index (χ4v) is 14.5. The zero-order valence-electron chi connectivity index (χ0n) is 64.7. The molecule has 34 heteroatoms. The second-order valence-corrected chi connectivity index (χ2v) is 30.6. The van der Waals surface area contributed by atoms with Gasteiger partial charge < -0.3 is 146 Å². The molecule has 109 heavy (non-hydrogen) atoms. The quantitative estimate of drug-likeness (QED) is 0.0364. The van der Waals surface area contributed by atoms with Crippen molar-refractivity contribution in [3.63, 3.8) is 0 Å². The molecule has 0 saturated carbocycles. The molecule has 4 rings (SSSR count). The topological polar surface area (TPSA) is 559 Å². The summed E-state index contributed by atoms with van der Waals surface area (Å²) in [5.74, 6) is -13.7. The van der Waals surface area contributed by atoms with Gasteiger partial charge in [0, 0.05) is 19.8 Å². The van der Waals surface area contributed by atoms with Gasteiger partial charge >= 0.3 is 11.9 Å². The first kappa shape index (κ1) is 97.8. The highest BCUT2D eigenvalue weighted by Crippen LogP contribution is 2.42. The number of unbranched alkanes of at least 4 members (excludes halogenated alkanes) is 25. The summed E-state index contributed by atoms with van der Waals surface area (Å²) in [4.78, 5) is 67.2. The fraction of sp³-hybridized carbons (Fsp3) is 0.933. The Kier molecular flexibility index (Phi) is 46.1. The third-order valence-electron chi connectivity index (χ3n) is 21.6. The van der Waals surface area contributed by atoms with Crippen molar-refractivity contribution >= 4 is 29.7 Å². The maximum absolute atomic E-state index is 13.9. The van der Waals surface area contributed by atoms with Gasteiger partial charge in [-0.25, -0.2) is 9.59 Å². The number of ether oxygens (including phenoxy) is 8. The number of hydrogen-bond donors (Lipinski definition) is 21. The normalized spacial score (nSPS) is 31.3. The van der Waals surface area contributed by atoms with Gasteiger partial charge in [0.2, 0.25) is 17.7 Å². The van der Waals surface area contributed by atoms with Gasteiger partial charge in [-0.3, -0.25) is 14.4 Å². The van der Waals surface area contributed by atoms with Crippen molar-refractivity contribution in [2.24, 2.45) is 5.92 Å². The van der Waals surface area contributed by atoms with E-state index in [9.17, 15) is 116 Å². The van der Waals surface area contributed by atoms with Gasteiger partial charge in [0.05, 0.1) is 69.0 Å². The van der Waals surface area contributed by atoms with Crippen LogP contribution in [0.4, 0.5) is 0 Å². The van der Waals surface area contributed by atoms with E-state index in [0.29, 0.717) is 25.2 Å². The number of hydrogen-bond acceptors (Lipinski definition) is 29. The minimum atomic E-state index is -3.45. The predicted octanol–water partition coefficient (Wildman–Crippen LogP) is 0.311. The van der Waals surface area contributed by atoms with Gasteiger partial charge in [0.1, 0.15) is 98.2 Å². The van der Waals surface area contributed by atoms with Gasteiger partial charge in [-0.05, 0) is 25.7 Å². The van der Waals surface area contributed by atoms with Gasteiger partial charge in [0.25, 0.3) is 11.6 Å². The Morgan fingerprint density at radius 1 is 0.532 bits per heavy atom. The summed E-state index contributed by atoms with van der Waals surface area (Å²) in [6, 6.07) is -5.59. The Labute approximate surface area is 640 Å². The summed E-state index contributed by atoms with van der Waals surface area (Å²) in [5.41, 5.74) is 0. The molecule has 21 unspecified atom stereocenters. The van der Waals surface area contributed by atoms with E-state index >= 15 is 0 Å². The van der Waals surface area contributed by atoms with E-state index in [0.717, 1.165) is 84.0 Å². The molecule has 21 N–H and O–H groups in total. The Morgan fingerprint density at radius 2 is 1.02 bits per heavy atom. The van der Waals surface area contributed by atoms with Crippen LogP contribution in [-0.4, -0.2) is 313 Å². The number of aliphatic carboxylic acids is 2. The van der Waals surface area contributed by atoms with Gasteiger partial charge in [-0.2, -0.15) is 0 Å². The van der Waals surface area contributed by atoms with E-state index in [1.807, 2.05) is 0 Å². The monoisotopic (exact) mass is 1580 g/mol. The highest BCUT2D eigenvalue weighted by Gasteiger charge is 2.63. The molecule has 4 aliphatic rings. The van der Waals surface area contributed by atoms with Crippen LogP contribution < -0.4 is 16.0 Å². The van der Waals surface area contributed by atoms with Crippen molar-refractivity contribution in [1.29, 1.82) is 0 Å². The Hall–Kier alpha value is -3.61. The standard InChI is InChI=1S/C75H137N3O31/c1-6-8-9-10-11-12-13-14-15-16-17-18-19-20-21-22-23-26-30-33-36-49(84)69(97)77-47(59(89)48(83)35-32-29-27-24-25-28-31-34-44(3)7-2)42-102-70-65(95)64(94)61(91)54(106-70)43-103-74(72(98)99)38-52(57(76-46(5)82)68(108-74)60(90)51(86)39-79)107-75(73(100)101)37-50(85)56(78-55(87)41-81)67(109-75)62(92)53(40-80)105-71-66(96)63(93)58(88)45(4)104-71/h44-45,47-54,56-68,70-71,79-81,83-86,88-96H,6-43H2,1-5H3,(H,76,82)(H,77,97)(H,78,87)(H,98,99)(H,100,101)/t44?,45?,47-,48+,49+,50?,51?,52?,53?,54?,56?,57?,58?,59-,60?,61+,62?,63?,64?,65?,66?,67?,68?,70+,71?,74?,75?/m0/s1. The van der Waals surface area contributed by atoms with Crippen LogP contribution in [-0.2, 0) is 61.9 Å². The summed E-state index contributed by atoms with van der Waals surface area (Å²) >= 11 is 0. The lowest BCUT2D eigenvalue weighted by Gasteiger charge is -2.52. The molecule has 3 amide bonds. The van der Waals surface area contributed by atoms with Gasteiger partial charge in [0.15, 0.2) is 12.6 Å². The lowest BCUT2D eigenvalue weighted by atomic mass is 9.86. The zero-order chi connectivity index (χ0) is 81.0. The van der Waals surface area contributed by atoms with E-state index < -0.39 is 234 Å². The number of aliphatic hydroxyl groups excluding tert-OH is 16. The second-order valence-electron chi connectivity index (χ2n) is 30.6. The first-order valence-corrected chi connectivity index (χ1v) is 40.1. The second kappa shape index (κ2) is 51.4. The van der Waals surface area contributed by atoms with E-state index in [4.69, 9.17) is 37.9 Å². The lowest BCUT2D eigenvalue weighted by molar-refractivity contribution is -0.368. The molecule has 0 aromatic carbocycles. The molecule has 0 radical (unpaired) electrons. The molecule has 0 bridgehead atoms. The van der Waals surface area contributed by atoms with E-state index in [2.05, 4.69) is 36.7 Å². The molecule has 0 aromatic rings. The number of amides is 3. The zero-order valence-corrected chi connectivity index (χ0v) is 64.7. The summed E-state index contributed by atoms with van der Waals surface area (Å²) in [5, 5.41) is 206. The minimum absolute atomic E-state index is 0.0524. The summed E-state index contributed by atoms with van der Waals surface area (Å²) < 4.78 is 46.7. The van der Waals surface area contributed by atoms with E-state index in [1.165, 1.54) is 96.8 Å².